The van der Waals surface area contributed by atoms with Crippen LogP contribution in [0.1, 0.15) is 12.8 Å². The Balaban J connectivity index is 0.000000262. The van der Waals surface area contributed by atoms with Crippen molar-refractivity contribution in [2.24, 2.45) is 5.92 Å². The van der Waals surface area contributed by atoms with Gasteiger partial charge in [-0.2, -0.15) is 0 Å². The Labute approximate surface area is 138 Å². The summed E-state index contributed by atoms with van der Waals surface area (Å²) in [7, 11) is 0. The van der Waals surface area contributed by atoms with Crippen LogP contribution >= 0.6 is 0 Å². The van der Waals surface area contributed by atoms with Gasteiger partial charge >= 0.3 is 96.9 Å². The van der Waals surface area contributed by atoms with Crippen molar-refractivity contribution in [2.45, 2.75) is 18.9 Å². The van der Waals surface area contributed by atoms with Crippen LogP contribution in [0, 0.1) is 5.92 Å². The van der Waals surface area contributed by atoms with Crippen molar-refractivity contribution < 1.29 is 30.9 Å². The van der Waals surface area contributed by atoms with Crippen LogP contribution < -0.4 is 5.32 Å². The first-order valence-corrected chi connectivity index (χ1v) is 7.67. The normalized spacial score (nSPS) is 14.9. The fraction of sp³-hybridized carbons (Fsp3) is 0.333. The molecule has 1 aromatic rings. The number of rotatable bonds is 5. The predicted octanol–water partition coefficient (Wildman–Crippen LogP) is 1.05. The Kier molecular flexibility index (Phi) is 8.25. The first kappa shape index (κ1) is 17.9. The van der Waals surface area contributed by atoms with Crippen molar-refractivity contribution in [2.75, 3.05) is 6.54 Å². The second kappa shape index (κ2) is 9.70. The zero-order valence-corrected chi connectivity index (χ0v) is 13.5. The molecular formula is C15H18CrNO3S-. The van der Waals surface area contributed by atoms with Crippen LogP contribution in [-0.4, -0.2) is 33.1 Å². The maximum absolute atomic E-state index is 11.2. The van der Waals surface area contributed by atoms with E-state index in [-0.39, 0.29) is 18.4 Å². The molecule has 114 valence electrons. The largest absolute Gasteiger partial charge is 0.508 e. The first-order chi connectivity index (χ1) is 10.0. The molecular weight excluding hydrogens is 326 g/mol. The molecule has 1 saturated carbocycles. The zero-order valence-electron chi connectivity index (χ0n) is 11.4. The van der Waals surface area contributed by atoms with Gasteiger partial charge in [-0.1, -0.05) is 18.2 Å². The van der Waals surface area contributed by atoms with Gasteiger partial charge in [-0.05, 0) is 12.1 Å². The fourth-order valence-electron chi connectivity index (χ4n) is 1.39. The van der Waals surface area contributed by atoms with Crippen molar-refractivity contribution in [3.63, 3.8) is 0 Å². The average Bonchev–Trinajstić information content (AvgIpc) is 3.31. The number of para-hydroxylation sites is 1. The van der Waals surface area contributed by atoms with Crippen molar-refractivity contribution in [3.8, 4) is 5.75 Å². The number of amides is 1. The van der Waals surface area contributed by atoms with E-state index in [1.54, 1.807) is 30.3 Å². The van der Waals surface area contributed by atoms with E-state index >= 15 is 0 Å². The van der Waals surface area contributed by atoms with Crippen molar-refractivity contribution >= 4 is 22.9 Å². The standard InChI is InChI=1S/C9H13NO2S.C6H6O.Cr/c11-8(2-1-5-13)6-10-9(12)7-3-4-7;7-6-4-2-1-3-5-6;/h1,5,7-8,11,13H,3-4,6H2,(H,10,12);1-5,7H;/p-1/b5-1-;;. The summed E-state index contributed by atoms with van der Waals surface area (Å²) in [6, 6.07) is 8.71. The number of benzene rings is 1. The number of aromatic hydroxyl groups is 1. The molecule has 1 unspecified atom stereocenters. The minimum atomic E-state index is -0.683. The van der Waals surface area contributed by atoms with E-state index in [4.69, 9.17) is 5.11 Å². The number of hydrogen-bond donors (Lipinski definition) is 3. The van der Waals surface area contributed by atoms with E-state index in [0.717, 1.165) is 12.8 Å². The second-order valence-electron chi connectivity index (χ2n) is 4.58. The smallest absolute Gasteiger partial charge is 0.115 e. The van der Waals surface area contributed by atoms with Crippen LogP contribution in [0.4, 0.5) is 0 Å². The molecule has 4 nitrogen and oxygen atoms in total. The number of carbonyl (C=O) groups is 1. The van der Waals surface area contributed by atoms with Gasteiger partial charge < -0.3 is 5.11 Å². The number of nitrogens with one attached hydrogen (secondary N) is 1. The van der Waals surface area contributed by atoms with Gasteiger partial charge in [0.25, 0.3) is 0 Å². The second-order valence-corrected chi connectivity index (χ2v) is 5.58. The van der Waals surface area contributed by atoms with Crippen LogP contribution in [-0.2, 0) is 33.3 Å². The van der Waals surface area contributed by atoms with Crippen LogP contribution in [0.25, 0.3) is 0 Å². The van der Waals surface area contributed by atoms with Crippen LogP contribution in [0.3, 0.4) is 0 Å². The third-order valence-electron chi connectivity index (χ3n) is 2.73. The molecule has 0 bridgehead atoms. The third kappa shape index (κ3) is 7.98. The molecule has 0 aromatic heterocycles. The molecule has 0 radical (unpaired) electrons. The van der Waals surface area contributed by atoms with Gasteiger partial charge in [0.2, 0.25) is 0 Å². The summed E-state index contributed by atoms with van der Waals surface area (Å²) in [5.41, 5.74) is 0. The van der Waals surface area contributed by atoms with Crippen LogP contribution in [0.15, 0.2) is 41.8 Å². The summed E-state index contributed by atoms with van der Waals surface area (Å²) < 4.78 is 0.649. The Morgan fingerprint density at radius 1 is 1.43 bits per heavy atom. The first-order valence-electron chi connectivity index (χ1n) is 6.56. The predicted molar refractivity (Wildman–Crippen MR) is 81.4 cm³/mol. The van der Waals surface area contributed by atoms with E-state index in [2.05, 4.69) is 33.8 Å². The summed E-state index contributed by atoms with van der Waals surface area (Å²) >= 11 is 7.32. The quantitative estimate of drug-likeness (QED) is 0.699. The minimum Gasteiger partial charge on any atom is -0.508 e. The summed E-state index contributed by atoms with van der Waals surface area (Å²) in [6.45, 7) is 0.247. The Morgan fingerprint density at radius 3 is 2.48 bits per heavy atom. The van der Waals surface area contributed by atoms with Gasteiger partial charge in [0.1, 0.15) is 5.75 Å². The topological polar surface area (TPSA) is 69.6 Å². The van der Waals surface area contributed by atoms with Crippen LogP contribution in [0.5, 0.6) is 5.75 Å². The molecule has 1 amide bonds. The molecule has 2 rings (SSSR count). The number of phenolic OH excluding ortho intramolecular Hbond substituents is 1. The fourth-order valence-corrected chi connectivity index (χ4v) is 1.92. The third-order valence-corrected chi connectivity index (χ3v) is 3.51. The molecule has 0 aliphatic heterocycles. The maximum atomic E-state index is 11.2. The molecule has 6 heteroatoms. The van der Waals surface area contributed by atoms with Crippen molar-refractivity contribution in [1.29, 1.82) is 0 Å². The Morgan fingerprint density at radius 2 is 2.05 bits per heavy atom. The molecule has 1 aliphatic carbocycles. The zero-order chi connectivity index (χ0) is 15.7. The maximum Gasteiger partial charge on any atom is 0.115 e. The SMILES string of the molecule is O=C(NCC(O)[C](=[Cr])/C=C\[S-])C1CC1.Oc1ccccc1. The van der Waals surface area contributed by atoms with E-state index in [1.807, 2.05) is 6.07 Å². The van der Waals surface area contributed by atoms with E-state index in [1.165, 1.54) is 5.41 Å². The van der Waals surface area contributed by atoms with Gasteiger partial charge in [0, 0.05) is 0 Å². The van der Waals surface area contributed by atoms with Gasteiger partial charge in [-0.3, -0.25) is 0 Å². The van der Waals surface area contributed by atoms with Crippen molar-refractivity contribution in [3.05, 3.63) is 41.8 Å². The summed E-state index contributed by atoms with van der Waals surface area (Å²) in [5.74, 6) is 0.544. The van der Waals surface area contributed by atoms with Crippen molar-refractivity contribution in [1.82, 2.24) is 5.32 Å². The molecule has 1 fully saturated rings. The summed E-state index contributed by atoms with van der Waals surface area (Å²) in [6.07, 6.45) is 2.88. The number of hydrogen-bond acceptors (Lipinski definition) is 4. The summed E-state index contributed by atoms with van der Waals surface area (Å²) in [5, 5.41) is 22.3. The molecule has 21 heavy (non-hydrogen) atoms. The van der Waals surface area contributed by atoms with E-state index < -0.39 is 6.10 Å². The molecule has 0 heterocycles. The van der Waals surface area contributed by atoms with Gasteiger partial charge in [0.15, 0.2) is 0 Å². The van der Waals surface area contributed by atoms with E-state index in [0.29, 0.717) is 10.1 Å². The molecule has 0 spiro atoms. The Hall–Kier alpha value is -1.19. The number of carbonyl (C=O) groups excluding carboxylic acids is 1. The van der Waals surface area contributed by atoms with Gasteiger partial charge in [-0.15, -0.1) is 0 Å². The average molecular weight is 344 g/mol. The van der Waals surface area contributed by atoms with Gasteiger partial charge in [-0.25, -0.2) is 0 Å². The Bertz CT molecular complexity index is 489. The summed E-state index contributed by atoms with van der Waals surface area (Å²) in [4.78, 5) is 11.2. The molecule has 0 saturated heterocycles. The van der Waals surface area contributed by atoms with E-state index in [9.17, 15) is 9.90 Å². The molecule has 3 N–H and O–H groups in total. The molecule has 1 aromatic carbocycles. The molecule has 1 atom stereocenters. The minimum absolute atomic E-state index is 0.0409. The van der Waals surface area contributed by atoms with Gasteiger partial charge in [0.05, 0.1) is 0 Å². The van der Waals surface area contributed by atoms with Crippen LogP contribution in [0.2, 0.25) is 0 Å². The monoisotopic (exact) mass is 344 g/mol. The number of aliphatic hydroxyl groups is 1. The number of phenols is 1. The number of aliphatic hydroxyl groups excluding tert-OH is 1. The molecule has 1 aliphatic rings.